The van der Waals surface area contributed by atoms with Gasteiger partial charge < -0.3 is 24.7 Å². The van der Waals surface area contributed by atoms with Gasteiger partial charge >= 0.3 is 0 Å². The topological polar surface area (TPSA) is 94.5 Å². The van der Waals surface area contributed by atoms with E-state index in [-0.39, 0.29) is 18.6 Å². The number of benzene rings is 2. The Kier molecular flexibility index (Phi) is 5.24. The zero-order valence-corrected chi connectivity index (χ0v) is 18.0. The maximum absolute atomic E-state index is 12.7. The van der Waals surface area contributed by atoms with Crippen molar-refractivity contribution in [2.45, 2.75) is 19.5 Å². The third kappa shape index (κ3) is 4.02. The summed E-state index contributed by atoms with van der Waals surface area (Å²) in [5.74, 6) is 0.772. The van der Waals surface area contributed by atoms with Crippen molar-refractivity contribution in [2.24, 2.45) is 0 Å². The largest absolute Gasteiger partial charge is 0.454 e. The molecule has 3 heterocycles. The highest BCUT2D eigenvalue weighted by molar-refractivity contribution is 7.20. The summed E-state index contributed by atoms with van der Waals surface area (Å²) in [6.45, 7) is 2.18. The number of rotatable bonds is 6. The lowest BCUT2D eigenvalue weighted by Crippen LogP contribution is -2.44. The van der Waals surface area contributed by atoms with E-state index in [0.29, 0.717) is 23.6 Å². The van der Waals surface area contributed by atoms with E-state index < -0.39 is 6.04 Å². The Morgan fingerprint density at radius 2 is 1.94 bits per heavy atom. The maximum Gasteiger partial charge on any atom is 0.251 e. The number of hydrogen-bond donors (Lipinski definition) is 2. The second kappa shape index (κ2) is 8.35. The number of hydrogen-bond acceptors (Lipinski definition) is 6. The molecule has 8 nitrogen and oxygen atoms in total. The second-order valence-electron chi connectivity index (χ2n) is 7.37. The van der Waals surface area contributed by atoms with Crippen LogP contribution in [0.4, 0.5) is 0 Å². The van der Waals surface area contributed by atoms with E-state index in [0.717, 1.165) is 20.9 Å². The van der Waals surface area contributed by atoms with Gasteiger partial charge in [-0.05, 0) is 55.0 Å². The van der Waals surface area contributed by atoms with E-state index in [1.54, 1.807) is 19.1 Å². The molecule has 1 aliphatic rings. The van der Waals surface area contributed by atoms with E-state index in [2.05, 4.69) is 15.6 Å². The average molecular weight is 449 g/mol. The third-order valence-corrected chi connectivity index (χ3v) is 6.14. The number of amides is 2. The molecular formula is C23H20N4O4S. The van der Waals surface area contributed by atoms with Crippen molar-refractivity contribution in [3.05, 3.63) is 72.1 Å². The van der Waals surface area contributed by atoms with Crippen molar-refractivity contribution >= 4 is 33.4 Å². The number of nitrogens with one attached hydrogen (secondary N) is 2. The standard InChI is InChI=1S/C23H20N4O4S/c1-14(21(28)24-12-15-4-7-18-19(10-15)31-13-30-18)25-22(29)16-5-6-17-20(11-16)32-23(26-17)27-8-2-3-9-27/h2-11,14H,12-13H2,1H3,(H,24,28)(H,25,29)/t14-/m0/s1. The van der Waals surface area contributed by atoms with E-state index >= 15 is 0 Å². The lowest BCUT2D eigenvalue weighted by molar-refractivity contribution is -0.122. The molecule has 0 aliphatic carbocycles. The fourth-order valence-electron chi connectivity index (χ4n) is 3.36. The van der Waals surface area contributed by atoms with Crippen LogP contribution in [0.1, 0.15) is 22.8 Å². The molecule has 1 atom stereocenters. The van der Waals surface area contributed by atoms with Crippen molar-refractivity contribution in [1.82, 2.24) is 20.2 Å². The van der Waals surface area contributed by atoms with E-state index in [1.807, 2.05) is 53.4 Å². The maximum atomic E-state index is 12.7. The number of thiazole rings is 1. The number of carbonyl (C=O) groups excluding carboxylic acids is 2. The van der Waals surface area contributed by atoms with Crippen LogP contribution in [0.5, 0.6) is 11.5 Å². The van der Waals surface area contributed by atoms with Crippen LogP contribution in [0.25, 0.3) is 15.3 Å². The van der Waals surface area contributed by atoms with Crippen LogP contribution in [0, 0.1) is 0 Å². The van der Waals surface area contributed by atoms with Gasteiger partial charge in [0.1, 0.15) is 6.04 Å². The van der Waals surface area contributed by atoms with E-state index in [9.17, 15) is 9.59 Å². The number of nitrogens with zero attached hydrogens (tertiary/aromatic N) is 2. The second-order valence-corrected chi connectivity index (χ2v) is 8.38. The fourth-order valence-corrected chi connectivity index (χ4v) is 4.34. The van der Waals surface area contributed by atoms with Gasteiger partial charge in [-0.3, -0.25) is 9.59 Å². The molecule has 0 saturated carbocycles. The molecule has 2 aromatic carbocycles. The SMILES string of the molecule is C[C@H](NC(=O)c1ccc2nc(-n3cccc3)sc2c1)C(=O)NCc1ccc2c(c1)OCO2. The summed E-state index contributed by atoms with van der Waals surface area (Å²) in [6, 6.07) is 14.0. The molecule has 2 amide bonds. The van der Waals surface area contributed by atoms with Gasteiger partial charge in [0.05, 0.1) is 10.2 Å². The van der Waals surface area contributed by atoms with Crippen LogP contribution in [0.3, 0.4) is 0 Å². The quantitative estimate of drug-likeness (QED) is 0.472. The van der Waals surface area contributed by atoms with Crippen molar-refractivity contribution in [2.75, 3.05) is 6.79 Å². The lowest BCUT2D eigenvalue weighted by Gasteiger charge is -2.14. The van der Waals surface area contributed by atoms with Gasteiger partial charge in [0, 0.05) is 24.5 Å². The van der Waals surface area contributed by atoms with Crippen molar-refractivity contribution in [3.63, 3.8) is 0 Å². The minimum absolute atomic E-state index is 0.204. The monoisotopic (exact) mass is 448 g/mol. The van der Waals surface area contributed by atoms with Crippen LogP contribution < -0.4 is 20.1 Å². The molecule has 0 radical (unpaired) electrons. The van der Waals surface area contributed by atoms with Crippen molar-refractivity contribution < 1.29 is 19.1 Å². The van der Waals surface area contributed by atoms with Gasteiger partial charge in [0.2, 0.25) is 12.7 Å². The van der Waals surface area contributed by atoms with Crippen LogP contribution in [-0.2, 0) is 11.3 Å². The molecule has 5 rings (SSSR count). The third-order valence-electron chi connectivity index (χ3n) is 5.11. The summed E-state index contributed by atoms with van der Waals surface area (Å²) < 4.78 is 13.5. The lowest BCUT2D eigenvalue weighted by atomic mass is 10.1. The number of aromatic nitrogens is 2. The van der Waals surface area contributed by atoms with Gasteiger partial charge in [0.25, 0.3) is 5.91 Å². The molecule has 0 saturated heterocycles. The van der Waals surface area contributed by atoms with Gasteiger partial charge in [0.15, 0.2) is 16.6 Å². The first-order valence-corrected chi connectivity index (χ1v) is 10.9. The van der Waals surface area contributed by atoms with Crippen molar-refractivity contribution in [3.8, 4) is 16.6 Å². The minimum Gasteiger partial charge on any atom is -0.454 e. The molecule has 1 aliphatic heterocycles. The van der Waals surface area contributed by atoms with Crippen LogP contribution >= 0.6 is 11.3 Å². The highest BCUT2D eigenvalue weighted by Gasteiger charge is 2.18. The predicted octanol–water partition coefficient (Wildman–Crippen LogP) is 3.25. The van der Waals surface area contributed by atoms with Gasteiger partial charge in [-0.1, -0.05) is 17.4 Å². The summed E-state index contributed by atoms with van der Waals surface area (Å²) in [6.07, 6.45) is 3.85. The van der Waals surface area contributed by atoms with Gasteiger partial charge in [-0.2, -0.15) is 0 Å². The molecule has 9 heteroatoms. The molecule has 2 aromatic heterocycles. The van der Waals surface area contributed by atoms with E-state index in [1.165, 1.54) is 11.3 Å². The van der Waals surface area contributed by atoms with Crippen LogP contribution in [0.15, 0.2) is 60.9 Å². The Hall–Kier alpha value is -3.85. The molecule has 0 fully saturated rings. The summed E-state index contributed by atoms with van der Waals surface area (Å²) in [4.78, 5) is 29.8. The number of carbonyl (C=O) groups is 2. The minimum atomic E-state index is -0.691. The average Bonchev–Trinajstić information content (AvgIpc) is 3.56. The molecule has 0 spiro atoms. The first-order chi connectivity index (χ1) is 15.6. The Balaban J connectivity index is 1.21. The summed E-state index contributed by atoms with van der Waals surface area (Å²) in [5.41, 5.74) is 2.19. The predicted molar refractivity (Wildman–Crippen MR) is 120 cm³/mol. The highest BCUT2D eigenvalue weighted by atomic mass is 32.1. The summed E-state index contributed by atoms with van der Waals surface area (Å²) >= 11 is 1.50. The molecule has 0 bridgehead atoms. The molecule has 0 unspecified atom stereocenters. The Morgan fingerprint density at radius 1 is 1.12 bits per heavy atom. The fraction of sp³-hybridized carbons (Fsp3) is 0.174. The molecule has 32 heavy (non-hydrogen) atoms. The Morgan fingerprint density at radius 3 is 2.78 bits per heavy atom. The molecule has 4 aromatic rings. The van der Waals surface area contributed by atoms with Crippen LogP contribution in [0.2, 0.25) is 0 Å². The molecule has 162 valence electrons. The zero-order valence-electron chi connectivity index (χ0n) is 17.2. The normalized spacial score (nSPS) is 13.2. The summed E-state index contributed by atoms with van der Waals surface area (Å²) in [7, 11) is 0. The Bertz CT molecular complexity index is 1300. The smallest absolute Gasteiger partial charge is 0.251 e. The van der Waals surface area contributed by atoms with Crippen LogP contribution in [-0.4, -0.2) is 34.2 Å². The number of ether oxygens (including phenoxy) is 2. The first-order valence-electron chi connectivity index (χ1n) is 10.1. The zero-order chi connectivity index (χ0) is 22.1. The van der Waals surface area contributed by atoms with E-state index in [4.69, 9.17) is 9.47 Å². The number of fused-ring (bicyclic) bond motifs is 2. The van der Waals surface area contributed by atoms with Gasteiger partial charge in [-0.15, -0.1) is 0 Å². The summed E-state index contributed by atoms with van der Waals surface area (Å²) in [5, 5.41) is 6.42. The first kappa shape index (κ1) is 20.1. The Labute approximate surface area is 187 Å². The molecule has 2 N–H and O–H groups in total. The van der Waals surface area contributed by atoms with Crippen molar-refractivity contribution in [1.29, 1.82) is 0 Å². The van der Waals surface area contributed by atoms with Gasteiger partial charge in [-0.25, -0.2) is 4.98 Å². The molecular weight excluding hydrogens is 428 g/mol. The highest BCUT2D eigenvalue weighted by Crippen LogP contribution is 2.32.